The molecular weight excluding hydrogens is 423 g/mol. The predicted octanol–water partition coefficient (Wildman–Crippen LogP) is 2.82. The zero-order chi connectivity index (χ0) is 22.7. The molecule has 1 saturated heterocycles. The minimum atomic E-state index is -4.34. The van der Waals surface area contributed by atoms with Gasteiger partial charge >= 0.3 is 6.18 Å². The molecule has 0 amide bonds. The minimum absolute atomic E-state index is 0.168. The Kier molecular flexibility index (Phi) is 6.40. The number of nitrogens with zero attached hydrogens (tertiary/aromatic N) is 7. The maximum atomic E-state index is 12.7. The van der Waals surface area contributed by atoms with Crippen LogP contribution in [0.4, 0.5) is 24.8 Å². The van der Waals surface area contributed by atoms with E-state index in [1.54, 1.807) is 0 Å². The quantitative estimate of drug-likeness (QED) is 0.569. The van der Waals surface area contributed by atoms with Gasteiger partial charge in [-0.15, -0.1) is 0 Å². The van der Waals surface area contributed by atoms with E-state index in [0.29, 0.717) is 23.8 Å². The zero-order valence-corrected chi connectivity index (χ0v) is 18.0. The molecule has 0 bridgehead atoms. The van der Waals surface area contributed by atoms with Gasteiger partial charge in [0.15, 0.2) is 11.5 Å². The van der Waals surface area contributed by atoms with Crippen LogP contribution in [0.25, 0.3) is 11.2 Å². The number of aryl methyl sites for hydroxylation is 1. The molecule has 1 aliphatic heterocycles. The third-order valence-corrected chi connectivity index (χ3v) is 5.59. The molecule has 0 radical (unpaired) electrons. The second kappa shape index (κ2) is 9.23. The molecule has 0 spiro atoms. The molecule has 2 N–H and O–H groups in total. The van der Waals surface area contributed by atoms with Crippen molar-refractivity contribution in [2.45, 2.75) is 38.4 Å². The van der Waals surface area contributed by atoms with Crippen LogP contribution in [0.5, 0.6) is 0 Å². The minimum Gasteiger partial charge on any atom is -0.373 e. The Morgan fingerprint density at radius 3 is 2.62 bits per heavy atom. The van der Waals surface area contributed by atoms with Crippen molar-refractivity contribution in [2.24, 2.45) is 0 Å². The molecule has 32 heavy (non-hydrogen) atoms. The summed E-state index contributed by atoms with van der Waals surface area (Å²) in [7, 11) is 1.85. The molecule has 0 aromatic carbocycles. The van der Waals surface area contributed by atoms with Gasteiger partial charge in [0.25, 0.3) is 0 Å². The number of aromatic nitrogens is 6. The Balaban J connectivity index is 1.31. The van der Waals surface area contributed by atoms with Crippen LogP contribution in [0.1, 0.15) is 30.3 Å². The molecule has 0 aliphatic carbocycles. The summed E-state index contributed by atoms with van der Waals surface area (Å²) >= 11 is 0. The van der Waals surface area contributed by atoms with E-state index in [9.17, 15) is 13.2 Å². The predicted molar refractivity (Wildman–Crippen MR) is 115 cm³/mol. The Morgan fingerprint density at radius 2 is 1.91 bits per heavy atom. The van der Waals surface area contributed by atoms with Crippen LogP contribution in [0.2, 0.25) is 0 Å². The molecular formula is C20H26F3N9. The largest absolute Gasteiger partial charge is 0.406 e. The summed E-state index contributed by atoms with van der Waals surface area (Å²) in [4.78, 5) is 23.5. The lowest BCUT2D eigenvalue weighted by atomic mass is 9.93. The number of anilines is 2. The van der Waals surface area contributed by atoms with E-state index in [4.69, 9.17) is 0 Å². The van der Waals surface area contributed by atoms with E-state index in [1.807, 2.05) is 20.0 Å². The van der Waals surface area contributed by atoms with Crippen LogP contribution in [0.3, 0.4) is 0 Å². The van der Waals surface area contributed by atoms with Gasteiger partial charge in [0, 0.05) is 37.8 Å². The molecule has 3 aromatic heterocycles. The highest BCUT2D eigenvalue weighted by Crippen LogP contribution is 2.28. The monoisotopic (exact) mass is 449 g/mol. The normalized spacial score (nSPS) is 15.9. The fraction of sp³-hybridized carbons (Fsp3) is 0.550. The SMILES string of the molecule is CNc1cc(C2CCN(CCNc3ncnc4c3ncn4CC(F)(F)F)CC2)nc(C)n1. The summed E-state index contributed by atoms with van der Waals surface area (Å²) in [5.74, 6) is 2.47. The summed E-state index contributed by atoms with van der Waals surface area (Å²) in [6, 6.07) is 2.02. The summed E-state index contributed by atoms with van der Waals surface area (Å²) in [6.45, 7) is 4.08. The maximum absolute atomic E-state index is 12.7. The van der Waals surface area contributed by atoms with Gasteiger partial charge in [-0.1, -0.05) is 0 Å². The molecule has 0 unspecified atom stereocenters. The molecule has 12 heteroatoms. The topological polar surface area (TPSA) is 96.7 Å². The molecule has 4 rings (SSSR count). The fourth-order valence-electron chi connectivity index (χ4n) is 4.03. The van der Waals surface area contributed by atoms with Gasteiger partial charge in [-0.2, -0.15) is 13.2 Å². The highest BCUT2D eigenvalue weighted by atomic mass is 19.4. The first-order valence-electron chi connectivity index (χ1n) is 10.5. The smallest absolute Gasteiger partial charge is 0.373 e. The third-order valence-electron chi connectivity index (χ3n) is 5.59. The second-order valence-corrected chi connectivity index (χ2v) is 7.90. The first-order valence-corrected chi connectivity index (χ1v) is 10.5. The van der Waals surface area contributed by atoms with Crippen LogP contribution < -0.4 is 10.6 Å². The van der Waals surface area contributed by atoms with Crippen LogP contribution in [-0.2, 0) is 6.54 Å². The first-order chi connectivity index (χ1) is 15.3. The van der Waals surface area contributed by atoms with E-state index in [0.717, 1.165) is 60.7 Å². The lowest BCUT2D eigenvalue weighted by Gasteiger charge is -2.31. The summed E-state index contributed by atoms with van der Waals surface area (Å²) in [6.07, 6.45) is 0.0980. The number of alkyl halides is 3. The van der Waals surface area contributed by atoms with Gasteiger partial charge in [-0.25, -0.2) is 24.9 Å². The fourth-order valence-corrected chi connectivity index (χ4v) is 4.03. The number of nitrogens with one attached hydrogen (secondary N) is 2. The van der Waals surface area contributed by atoms with Gasteiger partial charge in [-0.3, -0.25) is 0 Å². The molecule has 4 heterocycles. The average Bonchev–Trinajstić information content (AvgIpc) is 3.16. The first kappa shape index (κ1) is 22.2. The number of fused-ring (bicyclic) bond motifs is 1. The van der Waals surface area contributed by atoms with Crippen LogP contribution in [0.15, 0.2) is 18.7 Å². The highest BCUT2D eigenvalue weighted by molar-refractivity contribution is 5.82. The third kappa shape index (κ3) is 5.23. The molecule has 9 nitrogen and oxygen atoms in total. The van der Waals surface area contributed by atoms with Crippen molar-refractivity contribution >= 4 is 22.8 Å². The summed E-state index contributed by atoms with van der Waals surface area (Å²) < 4.78 is 39.2. The molecule has 172 valence electrons. The summed E-state index contributed by atoms with van der Waals surface area (Å²) in [5.41, 5.74) is 1.59. The van der Waals surface area contributed by atoms with Gasteiger partial charge < -0.3 is 20.1 Å². The second-order valence-electron chi connectivity index (χ2n) is 7.90. The van der Waals surface area contributed by atoms with Gasteiger partial charge in [-0.05, 0) is 32.9 Å². The lowest BCUT2D eigenvalue weighted by Crippen LogP contribution is -2.36. The number of imidazole rings is 1. The number of piperidine rings is 1. The molecule has 1 aliphatic rings. The van der Waals surface area contributed by atoms with Gasteiger partial charge in [0.2, 0.25) is 0 Å². The standard InChI is InChI=1S/C20H26F3N9/c1-13-29-15(9-16(24-2)30-13)14-3-6-31(7-4-14)8-5-25-18-17-19(27-11-26-18)32(12-28-17)10-20(21,22)23/h9,11-12,14H,3-8,10H2,1-2H3,(H,24,29,30)(H,25,26,27). The van der Waals surface area contributed by atoms with E-state index in [1.165, 1.54) is 6.33 Å². The average molecular weight is 449 g/mol. The Morgan fingerprint density at radius 1 is 1.12 bits per heavy atom. The van der Waals surface area contributed by atoms with Crippen molar-refractivity contribution < 1.29 is 13.2 Å². The number of likely N-dealkylation sites (tertiary alicyclic amines) is 1. The number of hydrogen-bond acceptors (Lipinski definition) is 8. The number of hydrogen-bond donors (Lipinski definition) is 2. The maximum Gasteiger partial charge on any atom is 0.406 e. The van der Waals surface area contributed by atoms with Crippen molar-refractivity contribution in [3.05, 3.63) is 30.2 Å². The molecule has 3 aromatic rings. The molecule has 1 fully saturated rings. The van der Waals surface area contributed by atoms with Gasteiger partial charge in [0.05, 0.1) is 6.33 Å². The van der Waals surface area contributed by atoms with Crippen LogP contribution in [-0.4, -0.2) is 73.8 Å². The zero-order valence-electron chi connectivity index (χ0n) is 18.0. The lowest BCUT2D eigenvalue weighted by molar-refractivity contribution is -0.140. The molecule has 0 saturated carbocycles. The van der Waals surface area contributed by atoms with E-state index < -0.39 is 12.7 Å². The molecule has 0 atom stereocenters. The number of rotatable bonds is 7. The van der Waals surface area contributed by atoms with Crippen LogP contribution in [0, 0.1) is 6.92 Å². The number of halogens is 3. The van der Waals surface area contributed by atoms with E-state index in [-0.39, 0.29) is 5.65 Å². The van der Waals surface area contributed by atoms with E-state index >= 15 is 0 Å². The summed E-state index contributed by atoms with van der Waals surface area (Å²) in [5, 5.41) is 6.28. The van der Waals surface area contributed by atoms with Crippen LogP contribution >= 0.6 is 0 Å². The van der Waals surface area contributed by atoms with Crippen molar-refractivity contribution in [1.82, 2.24) is 34.4 Å². The highest BCUT2D eigenvalue weighted by Gasteiger charge is 2.29. The van der Waals surface area contributed by atoms with E-state index in [2.05, 4.69) is 40.5 Å². The van der Waals surface area contributed by atoms with Crippen molar-refractivity contribution in [3.63, 3.8) is 0 Å². The van der Waals surface area contributed by atoms with Crippen molar-refractivity contribution in [2.75, 3.05) is 43.9 Å². The Bertz CT molecular complexity index is 1060. The Labute approximate surface area is 183 Å². The Hall–Kier alpha value is -3.02. The van der Waals surface area contributed by atoms with Crippen molar-refractivity contribution in [1.29, 1.82) is 0 Å². The van der Waals surface area contributed by atoms with Gasteiger partial charge in [0.1, 0.15) is 30.0 Å². The van der Waals surface area contributed by atoms with Crippen molar-refractivity contribution in [3.8, 4) is 0 Å².